The zero-order valence-corrected chi connectivity index (χ0v) is 12.8. The highest BCUT2D eigenvalue weighted by molar-refractivity contribution is 5.00. The Kier molecular flexibility index (Phi) is 3.92. The van der Waals surface area contributed by atoms with Crippen LogP contribution in [0, 0.1) is 17.3 Å². The van der Waals surface area contributed by atoms with E-state index in [1.807, 2.05) is 0 Å². The van der Waals surface area contributed by atoms with Gasteiger partial charge in [0, 0.05) is 12.6 Å². The first-order chi connectivity index (χ1) is 9.09. The van der Waals surface area contributed by atoms with Gasteiger partial charge in [0.25, 0.3) is 0 Å². The summed E-state index contributed by atoms with van der Waals surface area (Å²) in [6.07, 6.45) is 11.8. The summed E-state index contributed by atoms with van der Waals surface area (Å²) in [5.41, 5.74) is 0.559. The highest BCUT2D eigenvalue weighted by atomic mass is 16.3. The third-order valence-electron chi connectivity index (χ3n) is 6.33. The molecule has 1 spiro atoms. The molecule has 3 saturated carbocycles. The fraction of sp³-hybridized carbons (Fsp3) is 1.00. The van der Waals surface area contributed by atoms with Crippen LogP contribution < -0.4 is 0 Å². The van der Waals surface area contributed by atoms with Crippen LogP contribution in [0.25, 0.3) is 0 Å². The van der Waals surface area contributed by atoms with Gasteiger partial charge in [0.2, 0.25) is 0 Å². The largest absolute Gasteiger partial charge is 0.393 e. The van der Waals surface area contributed by atoms with Crippen LogP contribution in [0.3, 0.4) is 0 Å². The number of aliphatic hydroxyl groups excluding tert-OH is 1. The Morgan fingerprint density at radius 2 is 1.79 bits per heavy atom. The Hall–Kier alpha value is -0.0800. The summed E-state index contributed by atoms with van der Waals surface area (Å²) in [6, 6.07) is 0.648. The highest BCUT2D eigenvalue weighted by Gasteiger charge is 2.46. The van der Waals surface area contributed by atoms with Gasteiger partial charge < -0.3 is 10.0 Å². The molecule has 0 heterocycles. The minimum absolute atomic E-state index is 0.0426. The Morgan fingerprint density at radius 3 is 2.42 bits per heavy atom. The number of aliphatic hydroxyl groups is 1. The first kappa shape index (κ1) is 13.9. The van der Waals surface area contributed by atoms with Crippen LogP contribution in [-0.2, 0) is 0 Å². The second kappa shape index (κ2) is 5.37. The Labute approximate surface area is 118 Å². The molecule has 3 aliphatic carbocycles. The van der Waals surface area contributed by atoms with Gasteiger partial charge in [-0.15, -0.1) is 0 Å². The van der Waals surface area contributed by atoms with Crippen molar-refractivity contribution in [2.45, 2.75) is 76.9 Å². The number of nitrogens with zero attached hydrogens (tertiary/aromatic N) is 1. The van der Waals surface area contributed by atoms with Gasteiger partial charge in [0.15, 0.2) is 0 Å². The summed E-state index contributed by atoms with van der Waals surface area (Å²) in [7, 11) is 2.33. The van der Waals surface area contributed by atoms with Gasteiger partial charge in [-0.05, 0) is 69.2 Å². The molecule has 0 saturated heterocycles. The molecule has 0 aromatic rings. The summed E-state index contributed by atoms with van der Waals surface area (Å²) in [5.74, 6) is 1.88. The van der Waals surface area contributed by atoms with E-state index < -0.39 is 0 Å². The van der Waals surface area contributed by atoms with Crippen molar-refractivity contribution >= 4 is 0 Å². The molecule has 2 heteroatoms. The minimum Gasteiger partial charge on any atom is -0.393 e. The Balaban J connectivity index is 1.64. The second-order valence-corrected chi connectivity index (χ2v) is 7.90. The van der Waals surface area contributed by atoms with Crippen molar-refractivity contribution in [1.82, 2.24) is 4.90 Å². The summed E-state index contributed by atoms with van der Waals surface area (Å²) in [4.78, 5) is 2.63. The first-order valence-electron chi connectivity index (χ1n) is 8.47. The van der Waals surface area contributed by atoms with Gasteiger partial charge in [-0.25, -0.2) is 0 Å². The normalized spacial score (nSPS) is 41.7. The average Bonchev–Trinajstić information content (AvgIpc) is 2.80. The maximum atomic E-state index is 10.1. The zero-order valence-electron chi connectivity index (χ0n) is 12.8. The smallest absolute Gasteiger partial charge is 0.0555 e. The summed E-state index contributed by atoms with van der Waals surface area (Å²) in [5, 5.41) is 10.1. The molecule has 0 aromatic heterocycles. The van der Waals surface area contributed by atoms with Gasteiger partial charge in [0.1, 0.15) is 0 Å². The van der Waals surface area contributed by atoms with Gasteiger partial charge in [-0.2, -0.15) is 0 Å². The van der Waals surface area contributed by atoms with E-state index in [1.165, 1.54) is 51.5 Å². The lowest BCUT2D eigenvalue weighted by molar-refractivity contribution is -0.0282. The molecule has 2 atom stereocenters. The zero-order chi connectivity index (χ0) is 13.5. The molecular weight excluding hydrogens is 234 g/mol. The van der Waals surface area contributed by atoms with Crippen molar-refractivity contribution in [3.63, 3.8) is 0 Å². The average molecular weight is 265 g/mol. The van der Waals surface area contributed by atoms with Gasteiger partial charge in [-0.3, -0.25) is 0 Å². The fourth-order valence-corrected chi connectivity index (χ4v) is 5.31. The van der Waals surface area contributed by atoms with Gasteiger partial charge in [-0.1, -0.05) is 19.8 Å². The third kappa shape index (κ3) is 2.71. The van der Waals surface area contributed by atoms with E-state index in [9.17, 15) is 5.11 Å². The molecule has 0 amide bonds. The third-order valence-corrected chi connectivity index (χ3v) is 6.33. The van der Waals surface area contributed by atoms with Gasteiger partial charge in [0.05, 0.1) is 6.10 Å². The molecule has 2 nitrogen and oxygen atoms in total. The molecule has 0 aromatic carbocycles. The summed E-state index contributed by atoms with van der Waals surface area (Å²) >= 11 is 0. The van der Waals surface area contributed by atoms with Crippen LogP contribution in [0.4, 0.5) is 0 Å². The molecule has 3 rings (SSSR count). The standard InChI is InChI=1S/C17H31NO/c1-13-9-14(10-13)12-18(2)16-11-15(19)5-8-17(16)6-3-4-7-17/h13-16,19H,3-12H2,1-2H3. The van der Waals surface area contributed by atoms with Crippen molar-refractivity contribution in [2.75, 3.05) is 13.6 Å². The van der Waals surface area contributed by atoms with E-state index in [4.69, 9.17) is 0 Å². The molecule has 1 N–H and O–H groups in total. The maximum Gasteiger partial charge on any atom is 0.0555 e. The van der Waals surface area contributed by atoms with Gasteiger partial charge >= 0.3 is 0 Å². The molecule has 0 bridgehead atoms. The molecule has 110 valence electrons. The van der Waals surface area contributed by atoms with E-state index >= 15 is 0 Å². The number of hydrogen-bond donors (Lipinski definition) is 1. The SMILES string of the molecule is CC1CC(CN(C)C2CC(O)CCC23CCCC3)C1. The molecule has 0 radical (unpaired) electrons. The van der Waals surface area contributed by atoms with Crippen LogP contribution in [0.5, 0.6) is 0 Å². The fourth-order valence-electron chi connectivity index (χ4n) is 5.31. The predicted molar refractivity (Wildman–Crippen MR) is 79.1 cm³/mol. The van der Waals surface area contributed by atoms with Crippen molar-refractivity contribution in [3.8, 4) is 0 Å². The second-order valence-electron chi connectivity index (χ2n) is 7.90. The molecule has 2 unspecified atom stereocenters. The number of rotatable bonds is 3. The summed E-state index contributed by atoms with van der Waals surface area (Å²) in [6.45, 7) is 3.64. The van der Waals surface area contributed by atoms with Crippen molar-refractivity contribution in [2.24, 2.45) is 17.3 Å². The van der Waals surface area contributed by atoms with Crippen molar-refractivity contribution in [1.29, 1.82) is 0 Å². The molecule has 3 aliphatic rings. The van der Waals surface area contributed by atoms with E-state index in [0.717, 1.165) is 24.7 Å². The molecular formula is C17H31NO. The lowest BCUT2D eigenvalue weighted by Crippen LogP contribution is -2.52. The monoisotopic (exact) mass is 265 g/mol. The van der Waals surface area contributed by atoms with Crippen LogP contribution >= 0.6 is 0 Å². The van der Waals surface area contributed by atoms with E-state index in [-0.39, 0.29) is 6.10 Å². The lowest BCUT2D eigenvalue weighted by Gasteiger charge is -2.49. The Morgan fingerprint density at radius 1 is 1.11 bits per heavy atom. The van der Waals surface area contributed by atoms with Crippen LogP contribution in [-0.4, -0.2) is 35.7 Å². The minimum atomic E-state index is -0.0426. The lowest BCUT2D eigenvalue weighted by atomic mass is 9.67. The molecule has 0 aliphatic heterocycles. The highest BCUT2D eigenvalue weighted by Crippen LogP contribution is 2.51. The van der Waals surface area contributed by atoms with E-state index in [0.29, 0.717) is 11.5 Å². The number of hydrogen-bond acceptors (Lipinski definition) is 2. The predicted octanol–water partition coefficient (Wildman–Crippen LogP) is 3.44. The molecule has 19 heavy (non-hydrogen) atoms. The first-order valence-corrected chi connectivity index (χ1v) is 8.47. The van der Waals surface area contributed by atoms with E-state index in [2.05, 4.69) is 18.9 Å². The quantitative estimate of drug-likeness (QED) is 0.845. The van der Waals surface area contributed by atoms with Crippen LogP contribution in [0.2, 0.25) is 0 Å². The topological polar surface area (TPSA) is 23.5 Å². The summed E-state index contributed by atoms with van der Waals surface area (Å²) < 4.78 is 0. The van der Waals surface area contributed by atoms with Crippen LogP contribution in [0.1, 0.15) is 64.7 Å². The van der Waals surface area contributed by atoms with E-state index in [1.54, 1.807) is 0 Å². The Bertz CT molecular complexity index is 304. The van der Waals surface area contributed by atoms with Crippen molar-refractivity contribution < 1.29 is 5.11 Å². The maximum absolute atomic E-state index is 10.1. The van der Waals surface area contributed by atoms with Crippen molar-refractivity contribution in [3.05, 3.63) is 0 Å². The molecule has 3 fully saturated rings. The van der Waals surface area contributed by atoms with Crippen LogP contribution in [0.15, 0.2) is 0 Å².